The number of rotatable bonds is 5. The van der Waals surface area contributed by atoms with E-state index in [1.165, 1.54) is 4.68 Å². The molecule has 0 saturated carbocycles. The summed E-state index contributed by atoms with van der Waals surface area (Å²) in [4.78, 5) is 29.9. The van der Waals surface area contributed by atoms with Gasteiger partial charge in [0.05, 0.1) is 5.69 Å². The van der Waals surface area contributed by atoms with Crippen LogP contribution in [0.3, 0.4) is 0 Å². The van der Waals surface area contributed by atoms with Gasteiger partial charge in [-0.2, -0.15) is 9.67 Å². The van der Waals surface area contributed by atoms with Gasteiger partial charge in [0.2, 0.25) is 5.95 Å². The lowest BCUT2D eigenvalue weighted by Gasteiger charge is -2.08. The molecule has 1 aromatic heterocycles. The minimum atomic E-state index is -0.340. The number of aryl methyl sites for hydroxylation is 2. The Bertz CT molecular complexity index is 1300. The molecule has 2 amide bonds. The van der Waals surface area contributed by atoms with Crippen molar-refractivity contribution >= 4 is 35.3 Å². The van der Waals surface area contributed by atoms with E-state index < -0.39 is 0 Å². The van der Waals surface area contributed by atoms with Crippen LogP contribution in [0.4, 0.5) is 11.9 Å². The molecule has 7 nitrogen and oxygen atoms in total. The molecule has 0 radical (unpaired) electrons. The maximum Gasteiger partial charge on any atom is 0.258 e. The molecule has 1 heterocycles. The van der Waals surface area contributed by atoms with Crippen molar-refractivity contribution in [1.29, 1.82) is 0 Å². The van der Waals surface area contributed by atoms with Crippen LogP contribution in [0.1, 0.15) is 31.8 Å². The van der Waals surface area contributed by atoms with Gasteiger partial charge in [-0.05, 0) is 61.4 Å². The highest BCUT2D eigenvalue weighted by Crippen LogP contribution is 2.20. The van der Waals surface area contributed by atoms with E-state index in [0.717, 1.165) is 11.1 Å². The molecule has 160 valence electrons. The van der Waals surface area contributed by atoms with Crippen LogP contribution in [0, 0.1) is 13.8 Å². The average Bonchev–Trinajstić information content (AvgIpc) is 3.16. The molecule has 0 aliphatic carbocycles. The smallest absolute Gasteiger partial charge is 0.258 e. The summed E-state index contributed by atoms with van der Waals surface area (Å²) >= 11 is 6.01. The first kappa shape index (κ1) is 21.3. The van der Waals surface area contributed by atoms with Crippen molar-refractivity contribution in [2.75, 3.05) is 10.6 Å². The Morgan fingerprint density at radius 2 is 1.31 bits per heavy atom. The maximum absolute atomic E-state index is 12.9. The molecular weight excluding hydrogens is 426 g/mol. The number of halogens is 1. The lowest BCUT2D eigenvalue weighted by Crippen LogP contribution is -2.17. The second kappa shape index (κ2) is 9.03. The van der Waals surface area contributed by atoms with Crippen LogP contribution in [0.5, 0.6) is 0 Å². The second-order valence-electron chi connectivity index (χ2n) is 7.19. The van der Waals surface area contributed by atoms with Gasteiger partial charge in [0.1, 0.15) is 0 Å². The van der Waals surface area contributed by atoms with Crippen molar-refractivity contribution in [1.82, 2.24) is 14.8 Å². The number of carbonyl (C=O) groups excluding carboxylic acids is 2. The summed E-state index contributed by atoms with van der Waals surface area (Å²) in [6.45, 7) is 3.70. The van der Waals surface area contributed by atoms with E-state index >= 15 is 0 Å². The number of anilines is 2. The van der Waals surface area contributed by atoms with Crippen LogP contribution < -0.4 is 10.6 Å². The van der Waals surface area contributed by atoms with Crippen LogP contribution >= 0.6 is 11.6 Å². The number of nitrogens with one attached hydrogen (secondary N) is 2. The highest BCUT2D eigenvalue weighted by atomic mass is 35.5. The summed E-state index contributed by atoms with van der Waals surface area (Å²) in [6, 6.07) is 21.4. The van der Waals surface area contributed by atoms with Crippen molar-refractivity contribution < 1.29 is 9.59 Å². The van der Waals surface area contributed by atoms with E-state index in [2.05, 4.69) is 20.7 Å². The first-order chi connectivity index (χ1) is 15.4. The highest BCUT2D eigenvalue weighted by Gasteiger charge is 2.18. The number of amides is 2. The molecule has 0 atom stereocenters. The summed E-state index contributed by atoms with van der Waals surface area (Å²) in [5, 5.41) is 10.5. The molecule has 0 bridgehead atoms. The van der Waals surface area contributed by atoms with Crippen molar-refractivity contribution in [2.45, 2.75) is 13.8 Å². The van der Waals surface area contributed by atoms with Crippen molar-refractivity contribution in [3.63, 3.8) is 0 Å². The number of benzene rings is 3. The maximum atomic E-state index is 12.9. The Kier molecular flexibility index (Phi) is 6.00. The molecule has 0 saturated heterocycles. The highest BCUT2D eigenvalue weighted by molar-refractivity contribution is 6.30. The van der Waals surface area contributed by atoms with Crippen molar-refractivity contribution in [3.05, 3.63) is 100 Å². The lowest BCUT2D eigenvalue weighted by atomic mass is 10.1. The zero-order chi connectivity index (χ0) is 22.7. The van der Waals surface area contributed by atoms with Crippen LogP contribution in [0.2, 0.25) is 5.02 Å². The summed E-state index contributed by atoms with van der Waals surface area (Å²) in [7, 11) is 0. The molecule has 4 rings (SSSR count). The quantitative estimate of drug-likeness (QED) is 0.450. The minimum Gasteiger partial charge on any atom is -0.290 e. The molecule has 2 N–H and O–H groups in total. The Balaban J connectivity index is 1.68. The van der Waals surface area contributed by atoms with E-state index in [-0.39, 0.29) is 23.7 Å². The van der Waals surface area contributed by atoms with Gasteiger partial charge >= 0.3 is 0 Å². The van der Waals surface area contributed by atoms with Gasteiger partial charge in [0.15, 0.2) is 0 Å². The topological polar surface area (TPSA) is 88.9 Å². The van der Waals surface area contributed by atoms with Crippen LogP contribution in [-0.4, -0.2) is 26.6 Å². The molecule has 4 aromatic rings. The third-order valence-corrected chi connectivity index (χ3v) is 5.16. The summed E-state index contributed by atoms with van der Waals surface area (Å²) in [5.74, 6) is -0.440. The van der Waals surface area contributed by atoms with Crippen molar-refractivity contribution in [2.24, 2.45) is 0 Å². The largest absolute Gasteiger partial charge is 0.290 e. The van der Waals surface area contributed by atoms with Gasteiger partial charge in [-0.15, -0.1) is 5.10 Å². The van der Waals surface area contributed by atoms with Gasteiger partial charge in [-0.3, -0.25) is 20.2 Å². The van der Waals surface area contributed by atoms with E-state index in [0.29, 0.717) is 21.8 Å². The molecule has 0 fully saturated rings. The van der Waals surface area contributed by atoms with E-state index in [9.17, 15) is 9.59 Å². The predicted octanol–water partition coefficient (Wildman–Crippen LogP) is 5.04. The van der Waals surface area contributed by atoms with E-state index in [4.69, 9.17) is 11.6 Å². The Morgan fingerprint density at radius 3 is 1.88 bits per heavy atom. The third kappa shape index (κ3) is 4.53. The molecule has 3 aromatic carbocycles. The number of hydrogen-bond donors (Lipinski definition) is 2. The average molecular weight is 446 g/mol. The first-order valence-electron chi connectivity index (χ1n) is 9.89. The fourth-order valence-electron chi connectivity index (χ4n) is 3.20. The number of aromatic nitrogens is 3. The summed E-state index contributed by atoms with van der Waals surface area (Å²) in [6.07, 6.45) is 0. The third-order valence-electron chi connectivity index (χ3n) is 4.91. The lowest BCUT2D eigenvalue weighted by molar-refractivity contribution is 0.101. The van der Waals surface area contributed by atoms with Gasteiger partial charge < -0.3 is 0 Å². The molecule has 0 spiro atoms. The number of hydrogen-bond acceptors (Lipinski definition) is 4. The minimum absolute atomic E-state index is 0.0632. The normalized spacial score (nSPS) is 10.6. The fourth-order valence-corrected chi connectivity index (χ4v) is 3.33. The zero-order valence-electron chi connectivity index (χ0n) is 17.5. The van der Waals surface area contributed by atoms with E-state index in [1.807, 2.05) is 38.1 Å². The van der Waals surface area contributed by atoms with Gasteiger partial charge in [-0.25, -0.2) is 0 Å². The molecule has 0 unspecified atom stereocenters. The molecule has 0 aliphatic heterocycles. The first-order valence-corrected chi connectivity index (χ1v) is 10.3. The van der Waals surface area contributed by atoms with Gasteiger partial charge in [0.25, 0.3) is 17.8 Å². The summed E-state index contributed by atoms with van der Waals surface area (Å²) in [5.41, 5.74) is 3.31. The number of carbonyl (C=O) groups is 2. The zero-order valence-corrected chi connectivity index (χ0v) is 18.2. The Hall–Kier alpha value is -3.97. The van der Waals surface area contributed by atoms with Crippen LogP contribution in [0.15, 0.2) is 72.8 Å². The SMILES string of the molecule is Cc1ccccc1C(=O)Nc1nc(NC(=O)c2ccccc2C)n(-c2ccc(Cl)cc2)n1. The molecule has 8 heteroatoms. The van der Waals surface area contributed by atoms with Crippen LogP contribution in [-0.2, 0) is 0 Å². The standard InChI is InChI=1S/C24H20ClN5O2/c1-15-7-3-5-9-19(15)21(31)26-23-28-24(27-22(32)20-10-6-4-8-16(20)2)30(29-23)18-13-11-17(25)12-14-18/h3-14H,1-2H3,(H2,26,27,28,29,31,32). The van der Waals surface area contributed by atoms with Gasteiger partial charge in [-0.1, -0.05) is 48.0 Å². The van der Waals surface area contributed by atoms with E-state index in [1.54, 1.807) is 48.5 Å². The molecular formula is C24H20ClN5O2. The number of nitrogens with zero attached hydrogens (tertiary/aromatic N) is 3. The fraction of sp³-hybridized carbons (Fsp3) is 0.0833. The second-order valence-corrected chi connectivity index (χ2v) is 7.62. The van der Waals surface area contributed by atoms with Gasteiger partial charge in [0, 0.05) is 16.1 Å². The summed E-state index contributed by atoms with van der Waals surface area (Å²) < 4.78 is 1.44. The van der Waals surface area contributed by atoms with Crippen LogP contribution in [0.25, 0.3) is 5.69 Å². The van der Waals surface area contributed by atoms with Crippen molar-refractivity contribution in [3.8, 4) is 5.69 Å². The predicted molar refractivity (Wildman–Crippen MR) is 125 cm³/mol. The monoisotopic (exact) mass is 445 g/mol. The Morgan fingerprint density at radius 1 is 0.781 bits per heavy atom. The molecule has 0 aliphatic rings. The molecule has 32 heavy (non-hydrogen) atoms. The Labute approximate surface area is 190 Å².